The van der Waals surface area contributed by atoms with Crippen molar-refractivity contribution in [1.29, 1.82) is 0 Å². The van der Waals surface area contributed by atoms with Crippen LogP contribution >= 0.6 is 0 Å². The molecule has 0 spiro atoms. The van der Waals surface area contributed by atoms with E-state index < -0.39 is 24.1 Å². The second-order valence-electron chi connectivity index (χ2n) is 24.9. The van der Waals surface area contributed by atoms with Crippen molar-refractivity contribution >= 4 is 23.5 Å². The van der Waals surface area contributed by atoms with Gasteiger partial charge in [-0.2, -0.15) is 0 Å². The summed E-state index contributed by atoms with van der Waals surface area (Å²) >= 11 is 0. The summed E-state index contributed by atoms with van der Waals surface area (Å²) in [7, 11) is 3.60. The van der Waals surface area contributed by atoms with E-state index in [4.69, 9.17) is 0 Å². The fourth-order valence-electron chi connectivity index (χ4n) is 19.2. The van der Waals surface area contributed by atoms with Crippen LogP contribution in [0.4, 0.5) is 0 Å². The molecule has 0 saturated heterocycles. The molecular weight excluding hydrogens is 892 g/mol. The Morgan fingerprint density at radius 2 is 0.910 bits per heavy atom. The van der Waals surface area contributed by atoms with Gasteiger partial charge in [-0.25, -0.2) is 0 Å². The Morgan fingerprint density at radius 1 is 0.552 bits per heavy atom. The topological polar surface area (TPSA) is 219 Å². The smallest absolute Gasteiger partial charge is 0.550 e. The van der Waals surface area contributed by atoms with Crippen LogP contribution in [0.2, 0.25) is 0 Å². The zero-order chi connectivity index (χ0) is 48.3. The maximum atomic E-state index is 13.2. The molecule has 8 aliphatic carbocycles. The van der Waals surface area contributed by atoms with Crippen molar-refractivity contribution in [2.24, 2.45) is 105 Å². The number of carboxylic acids is 2. The van der Waals surface area contributed by atoms with Crippen LogP contribution in [-0.2, 0) is 36.2 Å². The molecule has 0 bridgehead atoms. The van der Waals surface area contributed by atoms with Gasteiger partial charge in [0.15, 0.2) is 0 Å². The minimum Gasteiger partial charge on any atom is -0.550 e. The van der Waals surface area contributed by atoms with Crippen molar-refractivity contribution in [1.82, 2.24) is 10.6 Å². The van der Waals surface area contributed by atoms with Gasteiger partial charge in [0, 0.05) is 23.8 Å². The molecule has 13 heteroatoms. The fourth-order valence-corrected chi connectivity index (χ4v) is 19.2. The minimum absolute atomic E-state index is 0. The van der Waals surface area contributed by atoms with E-state index in [1.807, 2.05) is 0 Å². The molecular formula is C54H88FeN2O10. The molecule has 0 aliphatic heterocycles. The second kappa shape index (κ2) is 21.3. The van der Waals surface area contributed by atoms with E-state index >= 15 is 0 Å². The number of aliphatic hydroxyl groups excluding tert-OH is 4. The van der Waals surface area contributed by atoms with E-state index in [1.54, 1.807) is 14.1 Å². The maximum absolute atomic E-state index is 13.2. The molecule has 382 valence electrons. The molecule has 67 heavy (non-hydrogen) atoms. The first-order valence-corrected chi connectivity index (χ1v) is 26.5. The Hall–Kier alpha value is -1.44. The summed E-state index contributed by atoms with van der Waals surface area (Å²) < 4.78 is 0. The molecule has 0 heterocycles. The molecule has 0 amide bonds. The quantitative estimate of drug-likeness (QED) is 0.134. The van der Waals surface area contributed by atoms with Gasteiger partial charge in [-0.15, -0.1) is 0 Å². The summed E-state index contributed by atoms with van der Waals surface area (Å²) in [6, 6.07) is 0. The molecule has 10 unspecified atom stereocenters. The first-order valence-electron chi connectivity index (χ1n) is 26.5. The van der Waals surface area contributed by atoms with Gasteiger partial charge in [0.25, 0.3) is 0 Å². The number of carboxylic acid groups (broad SMARTS) is 2. The van der Waals surface area contributed by atoms with Crippen LogP contribution in [0.15, 0.2) is 0 Å². The Bertz CT molecular complexity index is 1650. The van der Waals surface area contributed by atoms with Crippen LogP contribution < -0.4 is 20.8 Å². The Labute approximate surface area is 412 Å². The average molecular weight is 981 g/mol. The number of hydrogen-bond donors (Lipinski definition) is 6. The first kappa shape index (κ1) is 54.9. The summed E-state index contributed by atoms with van der Waals surface area (Å²) in [6.45, 7) is 14.4. The van der Waals surface area contributed by atoms with Gasteiger partial charge < -0.3 is 50.9 Å². The molecule has 8 aliphatic rings. The van der Waals surface area contributed by atoms with Crippen molar-refractivity contribution < 1.29 is 66.9 Å². The van der Waals surface area contributed by atoms with Crippen molar-refractivity contribution in [2.75, 3.05) is 27.2 Å². The zero-order valence-corrected chi connectivity index (χ0v) is 43.2. The predicted molar refractivity (Wildman–Crippen MR) is 248 cm³/mol. The van der Waals surface area contributed by atoms with Gasteiger partial charge in [-0.1, -0.05) is 41.5 Å². The number of Topliss-reactive ketones (excluding diaryl/α,β-unsaturated/α-hetero) is 2. The molecule has 22 atom stereocenters. The Kier molecular flexibility index (Phi) is 17.5. The second-order valence-corrected chi connectivity index (χ2v) is 24.9. The van der Waals surface area contributed by atoms with Gasteiger partial charge in [0.2, 0.25) is 0 Å². The summed E-state index contributed by atoms with van der Waals surface area (Å²) in [6.07, 6.45) is 12.1. The third-order valence-corrected chi connectivity index (χ3v) is 22.2. The third-order valence-electron chi connectivity index (χ3n) is 22.2. The normalized spacial score (nSPS) is 47.1. The number of likely N-dealkylation sites (N-methyl/N-ethyl adjacent to an activating group) is 2. The predicted octanol–water partition coefficient (Wildman–Crippen LogP) is 4.31. The third kappa shape index (κ3) is 9.80. The van der Waals surface area contributed by atoms with Crippen LogP contribution in [0, 0.1) is 105 Å². The SMILES string of the molecule is CNCC(=O)C1C[C@H](O)CC2C[C@H](O)C3C(CC[C@@]4(C)C3CC[C@@H]4[C@H](C)CCC(=O)[O-])[C@]21C.CNCC(=O)C1C[C@H](O)CC2C[C@H](O)C3C(CC[C@@]4(C)C3CC[C@@H]4[C@H](C)CCC(=O)[O-])[C@]21C.[Fe+2]. The van der Waals surface area contributed by atoms with Crippen molar-refractivity contribution in [2.45, 2.75) is 182 Å². The van der Waals surface area contributed by atoms with E-state index in [1.165, 1.54) is 0 Å². The van der Waals surface area contributed by atoms with Gasteiger partial charge in [-0.05, 0) is 222 Å². The van der Waals surface area contributed by atoms with E-state index in [-0.39, 0.29) is 111 Å². The van der Waals surface area contributed by atoms with E-state index in [0.717, 1.165) is 51.4 Å². The van der Waals surface area contributed by atoms with Crippen molar-refractivity contribution in [3.05, 3.63) is 0 Å². The number of rotatable bonds is 14. The molecule has 6 N–H and O–H groups in total. The Morgan fingerprint density at radius 3 is 1.24 bits per heavy atom. The number of ketones is 2. The van der Waals surface area contributed by atoms with Gasteiger partial charge in [0.1, 0.15) is 11.6 Å². The van der Waals surface area contributed by atoms with Crippen molar-refractivity contribution in [3.8, 4) is 0 Å². The van der Waals surface area contributed by atoms with E-state index in [9.17, 15) is 49.8 Å². The molecule has 0 radical (unpaired) electrons. The van der Waals surface area contributed by atoms with Crippen LogP contribution in [0.25, 0.3) is 0 Å². The number of fused-ring (bicyclic) bond motifs is 10. The Balaban J connectivity index is 0.000000218. The number of aliphatic carboxylic acids is 2. The summed E-state index contributed by atoms with van der Waals surface area (Å²) in [4.78, 5) is 48.5. The molecule has 8 rings (SSSR count). The van der Waals surface area contributed by atoms with Gasteiger partial charge in [-0.3, -0.25) is 9.59 Å². The molecule has 0 aromatic heterocycles. The summed E-state index contributed by atoms with van der Waals surface area (Å²) in [5, 5.41) is 72.3. The number of nitrogens with one attached hydrogen (secondary N) is 2. The number of carbonyl (C=O) groups excluding carboxylic acids is 4. The molecule has 0 aromatic rings. The van der Waals surface area contributed by atoms with Crippen LogP contribution in [0.3, 0.4) is 0 Å². The van der Waals surface area contributed by atoms with Gasteiger partial charge >= 0.3 is 17.1 Å². The average Bonchev–Trinajstić information content (AvgIpc) is 3.80. The first-order chi connectivity index (χ1) is 31.1. The zero-order valence-electron chi connectivity index (χ0n) is 42.1. The van der Waals surface area contributed by atoms with Crippen LogP contribution in [0.5, 0.6) is 0 Å². The number of hydrogen-bond acceptors (Lipinski definition) is 12. The maximum Gasteiger partial charge on any atom is 2.00 e. The van der Waals surface area contributed by atoms with E-state index in [2.05, 4.69) is 52.2 Å². The van der Waals surface area contributed by atoms with Crippen LogP contribution in [-0.4, -0.2) is 95.5 Å². The molecule has 8 saturated carbocycles. The number of carbonyl (C=O) groups is 4. The van der Waals surface area contributed by atoms with E-state index in [0.29, 0.717) is 112 Å². The van der Waals surface area contributed by atoms with Crippen molar-refractivity contribution in [3.63, 3.8) is 0 Å². The minimum atomic E-state index is -0.969. The van der Waals surface area contributed by atoms with Crippen LogP contribution in [0.1, 0.15) is 157 Å². The van der Waals surface area contributed by atoms with Gasteiger partial charge in [0.05, 0.1) is 37.5 Å². The molecule has 0 aromatic carbocycles. The largest absolute Gasteiger partial charge is 2.00 e. The monoisotopic (exact) mass is 981 g/mol. The molecule has 12 nitrogen and oxygen atoms in total. The molecule has 8 fully saturated rings. The standard InChI is InChI=1S/2C27H45NO5.Fe/c2*1-15(5-8-24(32)33)18-6-7-19-25-20(9-10-26(18,19)2)27(3)16(12-22(25)30)11-17(29)13-21(27)23(31)14-28-4;/h2*15-22,25,28-30H,5-14H2,1-4H3,(H,32,33);/q;;+2/p-2/t2*15-,16?,17-,18-,19?,20?,21?,22+,25?,26-,27+;/m11./s1. The fraction of sp³-hybridized carbons (Fsp3) is 0.926. The summed E-state index contributed by atoms with van der Waals surface area (Å²) in [5.41, 5.74) is -0.154. The number of aliphatic hydroxyl groups is 4. The summed E-state index contributed by atoms with van der Waals surface area (Å²) in [5.74, 6) is 1.84.